The largest absolute Gasteiger partial charge is 0.379 e. The van der Waals surface area contributed by atoms with E-state index in [4.69, 9.17) is 4.74 Å². The zero-order valence-electron chi connectivity index (χ0n) is 20.2. The number of carbonyl (C=O) groups excluding carboxylic acids is 3. The van der Waals surface area contributed by atoms with E-state index in [0.29, 0.717) is 12.3 Å². The first-order chi connectivity index (χ1) is 14.2. The molecular formula is C24H44N2O4. The molecule has 0 spiro atoms. The third-order valence-electron chi connectivity index (χ3n) is 6.64. The van der Waals surface area contributed by atoms with Crippen LogP contribution >= 0.6 is 0 Å². The number of nitrogens with zero attached hydrogens (tertiary/aromatic N) is 2. The van der Waals surface area contributed by atoms with Crippen LogP contribution < -0.4 is 0 Å². The fourth-order valence-electron chi connectivity index (χ4n) is 4.52. The van der Waals surface area contributed by atoms with Gasteiger partial charge in [-0.25, -0.2) is 0 Å². The lowest BCUT2D eigenvalue weighted by Crippen LogP contribution is -2.51. The molecule has 1 heterocycles. The van der Waals surface area contributed by atoms with Gasteiger partial charge < -0.3 is 19.3 Å². The Hall–Kier alpha value is -1.43. The Morgan fingerprint density at radius 2 is 1.90 bits per heavy atom. The molecule has 4 unspecified atom stereocenters. The second kappa shape index (κ2) is 13.1. The maximum atomic E-state index is 13.2. The molecule has 30 heavy (non-hydrogen) atoms. The van der Waals surface area contributed by atoms with Crippen LogP contribution in [-0.2, 0) is 19.1 Å². The molecule has 0 aromatic carbocycles. The van der Waals surface area contributed by atoms with Crippen molar-refractivity contribution in [3.05, 3.63) is 0 Å². The number of likely N-dealkylation sites (N-methyl/N-ethyl adjacent to an activating group) is 1. The average molecular weight is 425 g/mol. The molecule has 6 nitrogen and oxygen atoms in total. The molecule has 0 radical (unpaired) electrons. The van der Waals surface area contributed by atoms with Crippen LogP contribution in [0.15, 0.2) is 0 Å². The van der Waals surface area contributed by atoms with Crippen LogP contribution in [-0.4, -0.2) is 66.8 Å². The Morgan fingerprint density at radius 1 is 1.23 bits per heavy atom. The predicted octanol–water partition coefficient (Wildman–Crippen LogP) is 3.92. The summed E-state index contributed by atoms with van der Waals surface area (Å²) < 4.78 is 5.80. The molecule has 0 aromatic heterocycles. The van der Waals surface area contributed by atoms with Crippen LogP contribution in [0.25, 0.3) is 0 Å². The van der Waals surface area contributed by atoms with E-state index < -0.39 is 0 Å². The number of aldehydes is 1. The van der Waals surface area contributed by atoms with Gasteiger partial charge in [-0.05, 0) is 37.5 Å². The lowest BCUT2D eigenvalue weighted by molar-refractivity contribution is -0.143. The maximum Gasteiger partial charge on any atom is 0.225 e. The van der Waals surface area contributed by atoms with E-state index in [2.05, 4.69) is 27.7 Å². The number of hydrogen-bond acceptors (Lipinski definition) is 4. The monoisotopic (exact) mass is 424 g/mol. The van der Waals surface area contributed by atoms with Gasteiger partial charge in [-0.15, -0.1) is 0 Å². The molecule has 1 aliphatic rings. The minimum Gasteiger partial charge on any atom is -0.379 e. The van der Waals surface area contributed by atoms with E-state index in [1.54, 1.807) is 7.11 Å². The lowest BCUT2D eigenvalue weighted by Gasteiger charge is -2.38. The molecular weight excluding hydrogens is 380 g/mol. The van der Waals surface area contributed by atoms with E-state index in [0.717, 1.165) is 44.9 Å². The van der Waals surface area contributed by atoms with E-state index in [1.807, 2.05) is 23.8 Å². The summed E-state index contributed by atoms with van der Waals surface area (Å²) in [6.07, 6.45) is 5.81. The highest BCUT2D eigenvalue weighted by Crippen LogP contribution is 2.27. The third-order valence-corrected chi connectivity index (χ3v) is 6.64. The molecule has 1 saturated heterocycles. The van der Waals surface area contributed by atoms with Crippen molar-refractivity contribution in [1.82, 2.24) is 9.80 Å². The van der Waals surface area contributed by atoms with Gasteiger partial charge in [-0.3, -0.25) is 9.59 Å². The first-order valence-corrected chi connectivity index (χ1v) is 11.7. The first kappa shape index (κ1) is 26.6. The smallest absolute Gasteiger partial charge is 0.225 e. The minimum atomic E-state index is -0.342. The molecule has 1 aliphatic heterocycles. The number of likely N-dealkylation sites (tertiary alicyclic amines) is 1. The van der Waals surface area contributed by atoms with Gasteiger partial charge >= 0.3 is 0 Å². The number of ether oxygens (including phenoxy) is 1. The van der Waals surface area contributed by atoms with Crippen LogP contribution in [0, 0.1) is 17.8 Å². The quantitative estimate of drug-likeness (QED) is 0.420. The number of hydrogen-bond donors (Lipinski definition) is 0. The zero-order valence-corrected chi connectivity index (χ0v) is 20.2. The van der Waals surface area contributed by atoms with Gasteiger partial charge in [-0.2, -0.15) is 0 Å². The third kappa shape index (κ3) is 7.68. The molecule has 0 N–H and O–H groups in total. The number of rotatable bonds is 13. The molecule has 2 amide bonds. The van der Waals surface area contributed by atoms with E-state index in [1.165, 1.54) is 0 Å². The van der Waals surface area contributed by atoms with Crippen molar-refractivity contribution in [2.24, 2.45) is 17.8 Å². The Labute approximate surface area is 183 Å². The summed E-state index contributed by atoms with van der Waals surface area (Å²) in [4.78, 5) is 40.8. The van der Waals surface area contributed by atoms with Crippen molar-refractivity contribution >= 4 is 18.1 Å². The van der Waals surface area contributed by atoms with Gasteiger partial charge in [0.05, 0.1) is 18.6 Å². The van der Waals surface area contributed by atoms with Crippen LogP contribution in [0.3, 0.4) is 0 Å². The molecule has 1 fully saturated rings. The standard InChI is InChI=1S/C24H44N2O4/c1-8-19(5)24(25(6)22(28)12-11-17(2)3)21(30-7)15-23(29)26-13-9-10-20(26)14-18(4)16-27/h16-21,24H,8-15H2,1-7H3/t18?,19?,20-,21?,24?/m0/s1. The van der Waals surface area contributed by atoms with Crippen LogP contribution in [0.1, 0.15) is 79.6 Å². The van der Waals surface area contributed by atoms with Gasteiger partial charge in [0.25, 0.3) is 0 Å². The van der Waals surface area contributed by atoms with E-state index >= 15 is 0 Å². The van der Waals surface area contributed by atoms with Crippen LogP contribution in [0.5, 0.6) is 0 Å². The fourth-order valence-corrected chi connectivity index (χ4v) is 4.52. The average Bonchev–Trinajstić information content (AvgIpc) is 3.18. The Bertz CT molecular complexity index is 551. The summed E-state index contributed by atoms with van der Waals surface area (Å²) >= 11 is 0. The highest BCUT2D eigenvalue weighted by molar-refractivity contribution is 5.78. The van der Waals surface area contributed by atoms with Gasteiger partial charge in [0.15, 0.2) is 0 Å². The molecule has 5 atom stereocenters. The minimum absolute atomic E-state index is 0.0424. The summed E-state index contributed by atoms with van der Waals surface area (Å²) in [7, 11) is 3.48. The van der Waals surface area contributed by atoms with Crippen molar-refractivity contribution in [2.45, 2.75) is 97.8 Å². The van der Waals surface area contributed by atoms with E-state index in [9.17, 15) is 14.4 Å². The van der Waals surface area contributed by atoms with Crippen molar-refractivity contribution in [1.29, 1.82) is 0 Å². The zero-order chi connectivity index (χ0) is 22.8. The number of amides is 2. The Morgan fingerprint density at radius 3 is 2.43 bits per heavy atom. The summed E-state index contributed by atoms with van der Waals surface area (Å²) in [6, 6.07) is -0.0128. The molecule has 1 rings (SSSR count). The topological polar surface area (TPSA) is 66.9 Å². The molecule has 6 heteroatoms. The Balaban J connectivity index is 2.90. The van der Waals surface area contributed by atoms with Crippen molar-refractivity contribution in [3.8, 4) is 0 Å². The second-order valence-corrected chi connectivity index (χ2v) is 9.52. The SMILES string of the molecule is CCC(C)C(C(CC(=O)N1CCC[C@H]1CC(C)C=O)OC)N(C)C(=O)CCC(C)C. The lowest BCUT2D eigenvalue weighted by atomic mass is 9.90. The van der Waals surface area contributed by atoms with E-state index in [-0.39, 0.29) is 48.3 Å². The summed E-state index contributed by atoms with van der Waals surface area (Å²) in [5.74, 6) is 0.839. The highest BCUT2D eigenvalue weighted by atomic mass is 16.5. The number of methoxy groups -OCH3 is 1. The summed E-state index contributed by atoms with van der Waals surface area (Å²) in [6.45, 7) is 11.1. The van der Waals surface area contributed by atoms with Crippen LogP contribution in [0.4, 0.5) is 0 Å². The van der Waals surface area contributed by atoms with Gasteiger partial charge in [0.1, 0.15) is 6.29 Å². The molecule has 0 aromatic rings. The van der Waals surface area contributed by atoms with Gasteiger partial charge in [0, 0.05) is 39.1 Å². The molecule has 0 bridgehead atoms. The van der Waals surface area contributed by atoms with Crippen molar-refractivity contribution in [3.63, 3.8) is 0 Å². The maximum absolute atomic E-state index is 13.2. The normalized spacial score (nSPS) is 20.7. The highest BCUT2D eigenvalue weighted by Gasteiger charge is 2.37. The fraction of sp³-hybridized carbons (Fsp3) is 0.875. The molecule has 0 saturated carbocycles. The second-order valence-electron chi connectivity index (χ2n) is 9.52. The van der Waals surface area contributed by atoms with Gasteiger partial charge in [0.2, 0.25) is 11.8 Å². The predicted molar refractivity (Wildman–Crippen MR) is 120 cm³/mol. The van der Waals surface area contributed by atoms with Gasteiger partial charge in [-0.1, -0.05) is 41.0 Å². The summed E-state index contributed by atoms with van der Waals surface area (Å²) in [5.41, 5.74) is 0. The summed E-state index contributed by atoms with van der Waals surface area (Å²) in [5, 5.41) is 0. The Kier molecular flexibility index (Phi) is 11.6. The molecule has 174 valence electrons. The number of carbonyl (C=O) groups is 3. The van der Waals surface area contributed by atoms with Crippen molar-refractivity contribution in [2.75, 3.05) is 20.7 Å². The van der Waals surface area contributed by atoms with Crippen LogP contribution in [0.2, 0.25) is 0 Å². The van der Waals surface area contributed by atoms with Crippen molar-refractivity contribution < 1.29 is 19.1 Å². The molecule has 0 aliphatic carbocycles. The first-order valence-electron chi connectivity index (χ1n) is 11.7.